The lowest BCUT2D eigenvalue weighted by Gasteiger charge is -2.44. The molecular weight excluding hydrogens is 773 g/mol. The van der Waals surface area contributed by atoms with Gasteiger partial charge in [0.15, 0.2) is 11.6 Å². The van der Waals surface area contributed by atoms with E-state index in [-0.39, 0.29) is 74.2 Å². The van der Waals surface area contributed by atoms with Gasteiger partial charge in [0.25, 0.3) is 0 Å². The van der Waals surface area contributed by atoms with E-state index < -0.39 is 29.7 Å². The molecule has 6 aliphatic heterocycles. The van der Waals surface area contributed by atoms with Crippen molar-refractivity contribution >= 4 is 28.9 Å². The maximum Gasteiger partial charge on any atom is 0.318 e. The van der Waals surface area contributed by atoms with Gasteiger partial charge in [-0.25, -0.2) is 13.8 Å². The molecule has 2 aromatic heterocycles. The molecule has 4 fully saturated rings. The van der Waals surface area contributed by atoms with E-state index in [1.807, 2.05) is 33.8 Å². The molecule has 6 aliphatic rings. The number of morpholine rings is 1. The number of aliphatic hydroxyl groups is 1. The van der Waals surface area contributed by atoms with Gasteiger partial charge < -0.3 is 43.8 Å². The second-order valence-electron chi connectivity index (χ2n) is 17.1. The summed E-state index contributed by atoms with van der Waals surface area (Å²) in [4.78, 5) is 37.5. The molecule has 14 nitrogen and oxygen atoms in total. The van der Waals surface area contributed by atoms with Crippen molar-refractivity contribution < 1.29 is 32.9 Å². The van der Waals surface area contributed by atoms with Crippen LogP contribution >= 0.6 is 0 Å². The molecule has 8 heterocycles. The number of hydrogen-bond donors (Lipinski definition) is 1. The zero-order chi connectivity index (χ0) is 41.9. The molecular formula is C44H49F2N9O5. The summed E-state index contributed by atoms with van der Waals surface area (Å²) in [7, 11) is 0. The van der Waals surface area contributed by atoms with E-state index in [1.54, 1.807) is 17.2 Å². The van der Waals surface area contributed by atoms with Crippen LogP contribution in [0.2, 0.25) is 0 Å². The number of hydrogen-bond acceptors (Lipinski definition) is 13. The average molecular weight is 822 g/mol. The van der Waals surface area contributed by atoms with Gasteiger partial charge in [-0.2, -0.15) is 15.2 Å². The highest BCUT2D eigenvalue weighted by atomic mass is 19.1. The van der Waals surface area contributed by atoms with Crippen LogP contribution in [0.3, 0.4) is 0 Å². The molecule has 16 heteroatoms. The number of aromatic nitrogens is 3. The average Bonchev–Trinajstić information content (AvgIpc) is 3.68. The van der Waals surface area contributed by atoms with Gasteiger partial charge in [-0.05, 0) is 50.1 Å². The molecule has 4 saturated heterocycles. The molecule has 60 heavy (non-hydrogen) atoms. The van der Waals surface area contributed by atoms with Crippen LogP contribution in [0, 0.1) is 35.4 Å². The number of piperazine rings is 1. The number of anilines is 4. The lowest BCUT2D eigenvalue weighted by molar-refractivity contribution is -0.129. The van der Waals surface area contributed by atoms with Gasteiger partial charge in [-0.3, -0.25) is 4.79 Å². The second kappa shape index (κ2) is 15.7. The van der Waals surface area contributed by atoms with Crippen molar-refractivity contribution in [3.8, 4) is 30.2 Å². The molecule has 1 amide bonds. The van der Waals surface area contributed by atoms with Crippen LogP contribution < -0.4 is 29.1 Å². The lowest BCUT2D eigenvalue weighted by Crippen LogP contribution is -2.56. The fourth-order valence-corrected chi connectivity index (χ4v) is 10.2. The molecule has 1 aromatic carbocycles. The van der Waals surface area contributed by atoms with Gasteiger partial charge in [0.1, 0.15) is 31.0 Å². The number of halogens is 2. The van der Waals surface area contributed by atoms with E-state index in [1.165, 1.54) is 12.1 Å². The third-order valence-electron chi connectivity index (χ3n) is 13.1. The van der Waals surface area contributed by atoms with Crippen LogP contribution in [0.1, 0.15) is 43.5 Å². The van der Waals surface area contributed by atoms with Crippen LogP contribution in [-0.4, -0.2) is 132 Å². The SMILES string of the molecule is C#Cc1c(F)ccc2c1N([C@H]1COc3c(nc(OC[C@]4(C)C[C@@H](F)CN4c4ccc(N5CCOC[C@H]5C)nc4)nc3N3C[C@H]4CC(C#N)[C@@H](C3)N4C(=O)C=C)C1)C[C@@H](O)C2. The third kappa shape index (κ3) is 6.99. The van der Waals surface area contributed by atoms with E-state index >= 15 is 8.78 Å². The van der Waals surface area contributed by atoms with Crippen LogP contribution in [-0.2, 0) is 22.4 Å². The first-order chi connectivity index (χ1) is 29.0. The quantitative estimate of drug-likeness (QED) is 0.262. The van der Waals surface area contributed by atoms with Crippen molar-refractivity contribution in [2.24, 2.45) is 5.92 Å². The Labute approximate surface area is 348 Å². The first-order valence-corrected chi connectivity index (χ1v) is 20.7. The lowest BCUT2D eigenvalue weighted by atomic mass is 9.93. The molecule has 0 spiro atoms. The zero-order valence-electron chi connectivity index (χ0n) is 33.8. The minimum atomic E-state index is -1.11. The molecule has 8 atom stereocenters. The van der Waals surface area contributed by atoms with Gasteiger partial charge in [0.2, 0.25) is 5.91 Å². The van der Waals surface area contributed by atoms with Crippen molar-refractivity contribution in [2.75, 3.05) is 78.8 Å². The molecule has 9 rings (SSSR count). The summed E-state index contributed by atoms with van der Waals surface area (Å²) in [6.45, 7) is 11.1. The van der Waals surface area contributed by atoms with Gasteiger partial charge >= 0.3 is 6.01 Å². The summed E-state index contributed by atoms with van der Waals surface area (Å²) < 4.78 is 49.2. The Kier molecular flexibility index (Phi) is 10.4. The van der Waals surface area contributed by atoms with Crippen LogP contribution in [0.15, 0.2) is 43.1 Å². The van der Waals surface area contributed by atoms with Gasteiger partial charge in [-0.15, -0.1) is 6.42 Å². The number of rotatable bonds is 8. The first-order valence-electron chi connectivity index (χ1n) is 20.7. The molecule has 0 saturated carbocycles. The topological polar surface area (TPSA) is 144 Å². The molecule has 0 aliphatic carbocycles. The summed E-state index contributed by atoms with van der Waals surface area (Å²) in [5, 5.41) is 21.0. The van der Waals surface area contributed by atoms with Gasteiger partial charge in [-0.1, -0.05) is 18.6 Å². The number of fused-ring (bicyclic) bond motifs is 4. The Morgan fingerprint density at radius 3 is 2.75 bits per heavy atom. The molecule has 1 unspecified atom stereocenters. The smallest absolute Gasteiger partial charge is 0.318 e. The molecule has 2 bridgehead atoms. The highest BCUT2D eigenvalue weighted by Crippen LogP contribution is 2.44. The number of amides is 1. The number of carbonyl (C=O) groups excluding carboxylic acids is 1. The Hall–Kier alpha value is -5.71. The monoisotopic (exact) mass is 821 g/mol. The van der Waals surface area contributed by atoms with Crippen LogP contribution in [0.5, 0.6) is 11.8 Å². The van der Waals surface area contributed by atoms with Crippen LogP contribution in [0.25, 0.3) is 0 Å². The Morgan fingerprint density at radius 2 is 2.00 bits per heavy atom. The highest BCUT2D eigenvalue weighted by Gasteiger charge is 2.50. The second-order valence-corrected chi connectivity index (χ2v) is 17.1. The summed E-state index contributed by atoms with van der Waals surface area (Å²) in [5.41, 5.74) is 1.96. The molecule has 1 N–H and O–H groups in total. The number of alkyl halides is 1. The van der Waals surface area contributed by atoms with E-state index in [2.05, 4.69) is 30.4 Å². The minimum Gasteiger partial charge on any atom is -0.486 e. The molecule has 314 valence electrons. The van der Waals surface area contributed by atoms with Crippen molar-refractivity contribution in [3.63, 3.8) is 0 Å². The van der Waals surface area contributed by atoms with E-state index in [4.69, 9.17) is 35.6 Å². The summed E-state index contributed by atoms with van der Waals surface area (Å²) in [5.74, 6) is 3.17. The molecule has 0 radical (unpaired) electrons. The van der Waals surface area contributed by atoms with E-state index in [0.717, 1.165) is 23.6 Å². The third-order valence-corrected chi connectivity index (χ3v) is 13.1. The predicted molar refractivity (Wildman–Crippen MR) is 220 cm³/mol. The van der Waals surface area contributed by atoms with Gasteiger partial charge in [0, 0.05) is 45.4 Å². The van der Waals surface area contributed by atoms with Crippen molar-refractivity contribution in [1.82, 2.24) is 19.9 Å². The molecule has 3 aromatic rings. The van der Waals surface area contributed by atoms with Crippen molar-refractivity contribution in [3.05, 3.63) is 65.8 Å². The fourth-order valence-electron chi connectivity index (χ4n) is 10.2. The van der Waals surface area contributed by atoms with E-state index in [9.17, 15) is 15.2 Å². The first kappa shape index (κ1) is 39.7. The number of benzene rings is 1. The normalized spacial score (nSPS) is 29.6. The predicted octanol–water partition coefficient (Wildman–Crippen LogP) is 3.45. The highest BCUT2D eigenvalue weighted by molar-refractivity contribution is 5.88. The van der Waals surface area contributed by atoms with Crippen LogP contribution in [0.4, 0.5) is 31.8 Å². The minimum absolute atomic E-state index is 0.0536. The number of nitrogens with zero attached hydrogens (tertiary/aromatic N) is 9. The summed E-state index contributed by atoms with van der Waals surface area (Å²) >= 11 is 0. The van der Waals surface area contributed by atoms with E-state index in [0.29, 0.717) is 68.5 Å². The Balaban J connectivity index is 1.03. The fraction of sp³-hybridized carbons (Fsp3) is 0.523. The largest absolute Gasteiger partial charge is 0.486 e. The Morgan fingerprint density at radius 1 is 1.15 bits per heavy atom. The van der Waals surface area contributed by atoms with Gasteiger partial charge in [0.05, 0.1) is 96.4 Å². The maximum atomic E-state index is 15.4. The number of terminal acetylenes is 1. The zero-order valence-corrected chi connectivity index (χ0v) is 33.8. The number of ether oxygens (including phenoxy) is 3. The summed E-state index contributed by atoms with van der Waals surface area (Å²) in [6, 6.07) is 8.54. The number of pyridine rings is 1. The number of aliphatic hydroxyl groups excluding tert-OH is 1. The standard InChI is InChI=1S/C44H49F2N9O5/c1-5-34-35(46)9-7-27-14-33(56)21-53(40(27)34)32-15-36-41(59-24-32)42(51-20-31-13-28(17-47)37(22-51)55(31)39(57)6-2)50-43(49-36)60-25-44(4)16-29(45)19-54(44)30-8-10-38(48-18-30)52-11-12-58-23-26(52)3/h1,6-10,18,26,28-29,31-33,37,56H,2,11-16,19-25H2,3-4H3/t26-,28?,29-,31-,32-,33+,37-,44+/m1/s1. The number of nitriles is 1. The maximum absolute atomic E-state index is 15.4. The number of β-amino-alcohol motifs (C(OH)–C–C–N with tert-alkyl or cyclic N) is 1. The number of carbonyl (C=O) groups is 1. The van der Waals surface area contributed by atoms with Crippen molar-refractivity contribution in [2.45, 2.75) is 81.5 Å². The van der Waals surface area contributed by atoms with Crippen molar-refractivity contribution in [1.29, 1.82) is 5.26 Å². The summed E-state index contributed by atoms with van der Waals surface area (Å²) in [6.07, 6.45) is 8.48. The Bertz CT molecular complexity index is 2250.